The number of esters is 2. The Balaban J connectivity index is 2.24. The van der Waals surface area contributed by atoms with Gasteiger partial charge in [-0.1, -0.05) is 6.08 Å². The Morgan fingerprint density at radius 1 is 1.36 bits per heavy atom. The van der Waals surface area contributed by atoms with Crippen LogP contribution in [-0.4, -0.2) is 22.9 Å². The van der Waals surface area contributed by atoms with Gasteiger partial charge in [0.05, 0.1) is 11.8 Å². The molecule has 1 aliphatic carbocycles. The Kier molecular flexibility index (Phi) is 1.83. The number of nitro groups is 1. The maximum absolute atomic E-state index is 11.1. The van der Waals surface area contributed by atoms with Gasteiger partial charge in [0.25, 0.3) is 0 Å². The fourth-order valence-electron chi connectivity index (χ4n) is 1.75. The van der Waals surface area contributed by atoms with Crippen molar-refractivity contribution in [2.24, 2.45) is 11.8 Å². The molecule has 2 aliphatic rings. The number of carbonyl (C=O) groups is 2. The van der Waals surface area contributed by atoms with Crippen LogP contribution in [-0.2, 0) is 14.3 Å². The molecule has 1 fully saturated rings. The maximum Gasteiger partial charge on any atom is 0.321 e. The highest BCUT2D eigenvalue weighted by Gasteiger charge is 2.47. The molecule has 0 bridgehead atoms. The molecular weight excluding hydrogens is 190 g/mol. The van der Waals surface area contributed by atoms with Crippen molar-refractivity contribution in [2.75, 3.05) is 0 Å². The van der Waals surface area contributed by atoms with Crippen LogP contribution >= 0.6 is 0 Å². The summed E-state index contributed by atoms with van der Waals surface area (Å²) in [6.45, 7) is 0. The van der Waals surface area contributed by atoms with Crippen molar-refractivity contribution in [3.63, 3.8) is 0 Å². The first-order valence-corrected chi connectivity index (χ1v) is 4.17. The Morgan fingerprint density at radius 2 is 2.07 bits per heavy atom. The van der Waals surface area contributed by atoms with E-state index < -0.39 is 34.7 Å². The SMILES string of the molecule is O=C1OC(=O)C2CC([N+](=O)[O-])C=CC12. The number of ether oxygens (including phenoxy) is 1. The van der Waals surface area contributed by atoms with E-state index in [4.69, 9.17) is 0 Å². The summed E-state index contributed by atoms with van der Waals surface area (Å²) in [5.41, 5.74) is 0. The predicted molar refractivity (Wildman–Crippen MR) is 42.6 cm³/mol. The minimum Gasteiger partial charge on any atom is -0.392 e. The molecule has 1 saturated heterocycles. The highest BCUT2D eigenvalue weighted by Crippen LogP contribution is 2.33. The summed E-state index contributed by atoms with van der Waals surface area (Å²) in [6, 6.07) is -0.880. The molecule has 0 saturated carbocycles. The molecule has 0 amide bonds. The molecule has 3 unspecified atom stereocenters. The maximum atomic E-state index is 11.1. The van der Waals surface area contributed by atoms with Crippen LogP contribution in [0.3, 0.4) is 0 Å². The van der Waals surface area contributed by atoms with Crippen LogP contribution in [0.1, 0.15) is 6.42 Å². The van der Waals surface area contributed by atoms with Gasteiger partial charge in [-0.2, -0.15) is 0 Å². The van der Waals surface area contributed by atoms with Gasteiger partial charge in [0.2, 0.25) is 6.04 Å². The highest BCUT2D eigenvalue weighted by molar-refractivity contribution is 5.97. The van der Waals surface area contributed by atoms with Gasteiger partial charge in [-0.15, -0.1) is 0 Å². The lowest BCUT2D eigenvalue weighted by atomic mass is 9.84. The first kappa shape index (κ1) is 8.86. The summed E-state index contributed by atoms with van der Waals surface area (Å²) < 4.78 is 4.38. The van der Waals surface area contributed by atoms with Gasteiger partial charge in [-0.3, -0.25) is 19.7 Å². The standard InChI is InChI=1S/C8H7NO5/c10-7-5-2-1-4(9(12)13)3-6(5)8(11)14-7/h1-2,4-6H,3H2. The molecule has 1 heterocycles. The second-order valence-electron chi connectivity index (χ2n) is 3.35. The van der Waals surface area contributed by atoms with E-state index >= 15 is 0 Å². The molecule has 6 heteroatoms. The molecule has 14 heavy (non-hydrogen) atoms. The minimum atomic E-state index is -0.880. The van der Waals surface area contributed by atoms with Crippen LogP contribution in [0, 0.1) is 22.0 Å². The molecule has 6 nitrogen and oxygen atoms in total. The van der Waals surface area contributed by atoms with E-state index in [1.807, 2.05) is 0 Å². The largest absolute Gasteiger partial charge is 0.392 e. The average molecular weight is 197 g/mol. The highest BCUT2D eigenvalue weighted by atomic mass is 16.6. The number of nitrogens with zero attached hydrogens (tertiary/aromatic N) is 1. The summed E-state index contributed by atoms with van der Waals surface area (Å²) in [5.74, 6) is -2.52. The van der Waals surface area contributed by atoms with E-state index in [1.54, 1.807) is 0 Å². The van der Waals surface area contributed by atoms with Crippen molar-refractivity contribution >= 4 is 11.9 Å². The second-order valence-corrected chi connectivity index (χ2v) is 3.35. The number of hydrogen-bond acceptors (Lipinski definition) is 5. The van der Waals surface area contributed by atoms with Gasteiger partial charge >= 0.3 is 11.9 Å². The van der Waals surface area contributed by atoms with Gasteiger partial charge in [0.1, 0.15) is 0 Å². The molecule has 74 valence electrons. The van der Waals surface area contributed by atoms with Crippen LogP contribution < -0.4 is 0 Å². The fourth-order valence-corrected chi connectivity index (χ4v) is 1.75. The zero-order valence-corrected chi connectivity index (χ0v) is 7.08. The minimum absolute atomic E-state index is 0.0543. The van der Waals surface area contributed by atoms with Crippen LogP contribution in [0.2, 0.25) is 0 Å². The number of cyclic esters (lactones) is 2. The van der Waals surface area contributed by atoms with Gasteiger partial charge in [0, 0.05) is 11.3 Å². The predicted octanol–water partition coefficient (Wildman–Crippen LogP) is -0.0926. The van der Waals surface area contributed by atoms with E-state index in [2.05, 4.69) is 4.74 Å². The van der Waals surface area contributed by atoms with Gasteiger partial charge in [0.15, 0.2) is 0 Å². The quantitative estimate of drug-likeness (QED) is 0.193. The molecule has 0 aromatic rings. The normalized spacial score (nSPS) is 35.3. The lowest BCUT2D eigenvalue weighted by Gasteiger charge is -2.16. The van der Waals surface area contributed by atoms with Crippen molar-refractivity contribution in [3.05, 3.63) is 22.3 Å². The number of hydrogen-bond donors (Lipinski definition) is 0. The molecular formula is C8H7NO5. The summed E-state index contributed by atoms with van der Waals surface area (Å²) in [6.07, 6.45) is 2.80. The van der Waals surface area contributed by atoms with Crippen molar-refractivity contribution < 1.29 is 19.2 Å². The molecule has 0 radical (unpaired) electrons. The number of carbonyl (C=O) groups excluding carboxylic acids is 2. The smallest absolute Gasteiger partial charge is 0.321 e. The third kappa shape index (κ3) is 1.19. The third-order valence-electron chi connectivity index (χ3n) is 2.52. The number of fused-ring (bicyclic) bond motifs is 1. The summed E-state index contributed by atoms with van der Waals surface area (Å²) in [7, 11) is 0. The van der Waals surface area contributed by atoms with E-state index in [9.17, 15) is 19.7 Å². The Hall–Kier alpha value is -1.72. The zero-order chi connectivity index (χ0) is 10.3. The molecule has 1 aliphatic heterocycles. The van der Waals surface area contributed by atoms with Gasteiger partial charge < -0.3 is 4.74 Å². The van der Waals surface area contributed by atoms with Gasteiger partial charge in [-0.25, -0.2) is 0 Å². The van der Waals surface area contributed by atoms with Crippen LogP contribution in [0.4, 0.5) is 0 Å². The molecule has 0 aromatic carbocycles. The van der Waals surface area contributed by atoms with Crippen molar-refractivity contribution in [1.29, 1.82) is 0 Å². The van der Waals surface area contributed by atoms with Crippen molar-refractivity contribution in [2.45, 2.75) is 12.5 Å². The monoisotopic (exact) mass is 197 g/mol. The van der Waals surface area contributed by atoms with Crippen LogP contribution in [0.25, 0.3) is 0 Å². The Bertz CT molecular complexity index is 348. The zero-order valence-electron chi connectivity index (χ0n) is 7.08. The molecule has 0 aromatic heterocycles. The van der Waals surface area contributed by atoms with Crippen LogP contribution in [0.5, 0.6) is 0 Å². The third-order valence-corrected chi connectivity index (χ3v) is 2.52. The van der Waals surface area contributed by atoms with Gasteiger partial charge in [-0.05, 0) is 6.08 Å². The molecule has 2 rings (SSSR count). The average Bonchev–Trinajstić information content (AvgIpc) is 2.42. The topological polar surface area (TPSA) is 86.5 Å². The van der Waals surface area contributed by atoms with E-state index in [0.717, 1.165) is 0 Å². The summed E-state index contributed by atoms with van der Waals surface area (Å²) in [4.78, 5) is 32.1. The van der Waals surface area contributed by atoms with Crippen molar-refractivity contribution in [1.82, 2.24) is 0 Å². The fraction of sp³-hybridized carbons (Fsp3) is 0.500. The van der Waals surface area contributed by atoms with E-state index in [-0.39, 0.29) is 6.42 Å². The Labute approximate surface area is 78.7 Å². The molecule has 0 spiro atoms. The molecule has 3 atom stereocenters. The summed E-state index contributed by atoms with van der Waals surface area (Å²) in [5, 5.41) is 10.4. The van der Waals surface area contributed by atoms with E-state index in [1.165, 1.54) is 12.2 Å². The summed E-state index contributed by atoms with van der Waals surface area (Å²) >= 11 is 0. The van der Waals surface area contributed by atoms with E-state index in [0.29, 0.717) is 0 Å². The number of rotatable bonds is 1. The molecule has 0 N–H and O–H groups in total. The lowest BCUT2D eigenvalue weighted by molar-refractivity contribution is -0.511. The Morgan fingerprint density at radius 3 is 2.71 bits per heavy atom. The van der Waals surface area contributed by atoms with Crippen molar-refractivity contribution in [3.8, 4) is 0 Å². The first-order chi connectivity index (χ1) is 6.59. The second kappa shape index (κ2) is 2.90. The van der Waals surface area contributed by atoms with Crippen LogP contribution in [0.15, 0.2) is 12.2 Å². The lowest BCUT2D eigenvalue weighted by Crippen LogP contribution is -2.30. The first-order valence-electron chi connectivity index (χ1n) is 4.17.